The molecule has 2 aromatic rings. The highest BCUT2D eigenvalue weighted by atomic mass is 35.5. The molecule has 4 nitrogen and oxygen atoms in total. The van der Waals surface area contributed by atoms with Crippen molar-refractivity contribution in [3.63, 3.8) is 0 Å². The molecule has 1 saturated carbocycles. The summed E-state index contributed by atoms with van der Waals surface area (Å²) < 4.78 is 31.5. The maximum absolute atomic E-state index is 13.1. The second kappa shape index (κ2) is 9.09. The first kappa shape index (κ1) is 22.2. The zero-order chi connectivity index (χ0) is 19.7. The predicted molar refractivity (Wildman–Crippen MR) is 120 cm³/mol. The van der Waals surface area contributed by atoms with Crippen LogP contribution in [0.1, 0.15) is 36.8 Å². The van der Waals surface area contributed by atoms with E-state index in [4.69, 9.17) is 16.3 Å². The van der Waals surface area contributed by atoms with Crippen molar-refractivity contribution in [1.29, 1.82) is 0 Å². The number of hydrogen-bond donors (Lipinski definition) is 0. The van der Waals surface area contributed by atoms with Crippen molar-refractivity contribution in [2.24, 2.45) is 0 Å². The third kappa shape index (κ3) is 4.64. The van der Waals surface area contributed by atoms with Crippen molar-refractivity contribution in [1.82, 2.24) is 4.90 Å². The second-order valence-electron chi connectivity index (χ2n) is 7.49. The zero-order valence-corrected chi connectivity index (χ0v) is 18.7. The highest BCUT2D eigenvalue weighted by Crippen LogP contribution is 2.36. The summed E-state index contributed by atoms with van der Waals surface area (Å²) in [4.78, 5) is 3.08. The fraction of sp³-hybridized carbons (Fsp3) is 0.364. The summed E-state index contributed by atoms with van der Waals surface area (Å²) in [7, 11) is -1.83. The Balaban J connectivity index is 0.00000240. The molecular formula is C22H25Cl2NO3S. The van der Waals surface area contributed by atoms with Gasteiger partial charge >= 0.3 is 0 Å². The first-order valence-corrected chi connectivity index (χ1v) is 11.5. The molecule has 1 aliphatic carbocycles. The summed E-state index contributed by atoms with van der Waals surface area (Å²) in [6.45, 7) is 1.11. The normalized spacial score (nSPS) is 17.7. The van der Waals surface area contributed by atoms with Crippen molar-refractivity contribution in [3.8, 4) is 5.75 Å². The number of ether oxygens (including phenoxy) is 1. The van der Waals surface area contributed by atoms with Gasteiger partial charge in [0.25, 0.3) is 0 Å². The number of nitrogens with zero attached hydrogens (tertiary/aromatic N) is 1. The zero-order valence-electron chi connectivity index (χ0n) is 16.3. The van der Waals surface area contributed by atoms with Crippen LogP contribution in [0.3, 0.4) is 0 Å². The van der Waals surface area contributed by atoms with E-state index in [9.17, 15) is 8.42 Å². The van der Waals surface area contributed by atoms with Crippen LogP contribution in [0.4, 0.5) is 0 Å². The van der Waals surface area contributed by atoms with Crippen LogP contribution in [0.25, 0.3) is 6.08 Å². The van der Waals surface area contributed by atoms with Crippen molar-refractivity contribution in [3.05, 3.63) is 63.5 Å². The van der Waals surface area contributed by atoms with Crippen LogP contribution < -0.4 is 4.74 Å². The average Bonchev–Trinajstić information content (AvgIpc) is 3.29. The number of methoxy groups -OCH3 is 1. The minimum atomic E-state index is -3.49. The Morgan fingerprint density at radius 3 is 2.59 bits per heavy atom. The van der Waals surface area contributed by atoms with E-state index in [2.05, 4.69) is 11.0 Å². The molecule has 1 aliphatic heterocycles. The molecule has 0 aromatic heterocycles. The minimum Gasteiger partial charge on any atom is -0.497 e. The van der Waals surface area contributed by atoms with E-state index >= 15 is 0 Å². The molecule has 2 aromatic carbocycles. The van der Waals surface area contributed by atoms with Gasteiger partial charge in [0.15, 0.2) is 0 Å². The lowest BCUT2D eigenvalue weighted by atomic mass is 10.1. The van der Waals surface area contributed by atoms with Crippen molar-refractivity contribution in [2.45, 2.75) is 43.2 Å². The molecule has 7 heteroatoms. The van der Waals surface area contributed by atoms with E-state index < -0.39 is 9.84 Å². The molecule has 1 heterocycles. The molecule has 156 valence electrons. The van der Waals surface area contributed by atoms with Crippen molar-refractivity contribution < 1.29 is 13.2 Å². The molecule has 0 unspecified atom stereocenters. The van der Waals surface area contributed by atoms with E-state index in [-0.39, 0.29) is 12.4 Å². The molecule has 0 spiro atoms. The van der Waals surface area contributed by atoms with E-state index in [1.807, 2.05) is 18.2 Å². The fourth-order valence-electron chi connectivity index (χ4n) is 4.17. The van der Waals surface area contributed by atoms with Gasteiger partial charge < -0.3 is 4.74 Å². The Bertz CT molecular complexity index is 1010. The van der Waals surface area contributed by atoms with Crippen LogP contribution in [0.2, 0.25) is 5.02 Å². The third-order valence-corrected chi connectivity index (χ3v) is 7.75. The number of sulfone groups is 1. The maximum Gasteiger partial charge on any atom is 0.204 e. The van der Waals surface area contributed by atoms with E-state index in [0.717, 1.165) is 29.7 Å². The quantitative estimate of drug-likeness (QED) is 0.591. The molecular weight excluding hydrogens is 429 g/mol. The number of benzene rings is 2. The Morgan fingerprint density at radius 2 is 1.86 bits per heavy atom. The van der Waals surface area contributed by atoms with Crippen molar-refractivity contribution in [2.75, 3.05) is 13.7 Å². The number of fused-ring (bicyclic) bond motifs is 1. The molecule has 0 amide bonds. The van der Waals surface area contributed by atoms with E-state index in [0.29, 0.717) is 34.0 Å². The first-order chi connectivity index (χ1) is 13.5. The van der Waals surface area contributed by atoms with Crippen LogP contribution in [-0.2, 0) is 16.4 Å². The summed E-state index contributed by atoms with van der Waals surface area (Å²) in [5.41, 5.74) is 1.86. The summed E-state index contributed by atoms with van der Waals surface area (Å²) in [5, 5.41) is 0.445. The minimum absolute atomic E-state index is 0. The van der Waals surface area contributed by atoms with Gasteiger partial charge in [-0.2, -0.15) is 0 Å². The van der Waals surface area contributed by atoms with Crippen LogP contribution in [0, 0.1) is 0 Å². The maximum atomic E-state index is 13.1. The van der Waals surface area contributed by atoms with Gasteiger partial charge in [-0.25, -0.2) is 8.42 Å². The van der Waals surface area contributed by atoms with E-state index in [1.165, 1.54) is 12.8 Å². The third-order valence-electron chi connectivity index (χ3n) is 5.65. The Hall–Kier alpha value is -1.53. The molecule has 29 heavy (non-hydrogen) atoms. The number of halogens is 2. The van der Waals surface area contributed by atoms with Crippen LogP contribution in [0.5, 0.6) is 5.75 Å². The fourth-order valence-corrected chi connectivity index (χ4v) is 6.03. The highest BCUT2D eigenvalue weighted by Gasteiger charge is 2.33. The summed E-state index contributed by atoms with van der Waals surface area (Å²) >= 11 is 6.03. The lowest BCUT2D eigenvalue weighted by molar-refractivity contribution is 0.209. The number of rotatable bonds is 6. The standard InChI is InChI=1S/C22H24ClNO3S.ClH/c1-27-20-8-4-5-16(11-20)14-24(19-6-2-3-7-19)15-21-12-17-9-10-18(23)13-22(17)28(21,25)26;/h4-5,8-13,19H,2-3,6-7,14-15H2,1H3;1H. The molecule has 0 bridgehead atoms. The van der Waals surface area contributed by atoms with E-state index in [1.54, 1.807) is 31.4 Å². The molecule has 0 N–H and O–H groups in total. The highest BCUT2D eigenvalue weighted by molar-refractivity contribution is 7.95. The first-order valence-electron chi connectivity index (χ1n) is 9.59. The Labute approximate surface area is 183 Å². The predicted octanol–water partition coefficient (Wildman–Crippen LogP) is 5.34. The monoisotopic (exact) mass is 453 g/mol. The smallest absolute Gasteiger partial charge is 0.204 e. The van der Waals surface area contributed by atoms with Gasteiger partial charge in [0.05, 0.1) is 16.9 Å². The molecule has 1 fully saturated rings. The lowest BCUT2D eigenvalue weighted by Crippen LogP contribution is -2.35. The van der Waals surface area contributed by atoms with Gasteiger partial charge in [-0.1, -0.05) is 42.6 Å². The Morgan fingerprint density at radius 1 is 1.10 bits per heavy atom. The SMILES string of the molecule is COc1cccc(CN(CC2=Cc3ccc(Cl)cc3S2(=O)=O)C2CCCC2)c1.Cl. The Kier molecular flexibility index (Phi) is 6.94. The van der Waals surface area contributed by atoms with Gasteiger partial charge in [0, 0.05) is 24.2 Å². The van der Waals surface area contributed by atoms with Gasteiger partial charge in [0.1, 0.15) is 5.75 Å². The average molecular weight is 454 g/mol. The molecule has 0 radical (unpaired) electrons. The summed E-state index contributed by atoms with van der Waals surface area (Å²) in [6.07, 6.45) is 6.41. The van der Waals surface area contributed by atoms with Crippen LogP contribution >= 0.6 is 24.0 Å². The molecule has 4 rings (SSSR count). The van der Waals surface area contributed by atoms with Gasteiger partial charge in [0.2, 0.25) is 9.84 Å². The van der Waals surface area contributed by atoms with Crippen LogP contribution in [-0.4, -0.2) is 33.0 Å². The topological polar surface area (TPSA) is 46.6 Å². The van der Waals surface area contributed by atoms with Gasteiger partial charge in [-0.15, -0.1) is 12.4 Å². The molecule has 2 aliphatic rings. The molecule has 0 atom stereocenters. The molecule has 0 saturated heterocycles. The van der Waals surface area contributed by atoms with Crippen molar-refractivity contribution >= 4 is 39.9 Å². The second-order valence-corrected chi connectivity index (χ2v) is 9.90. The number of hydrogen-bond acceptors (Lipinski definition) is 4. The van der Waals surface area contributed by atoms with Gasteiger partial charge in [-0.05, 0) is 54.3 Å². The summed E-state index contributed by atoms with van der Waals surface area (Å²) in [6, 6.07) is 13.5. The van der Waals surface area contributed by atoms with Crippen LogP contribution in [0.15, 0.2) is 52.3 Å². The largest absolute Gasteiger partial charge is 0.497 e. The summed E-state index contributed by atoms with van der Waals surface area (Å²) in [5.74, 6) is 0.818. The lowest BCUT2D eigenvalue weighted by Gasteiger charge is -2.29. The van der Waals surface area contributed by atoms with Gasteiger partial charge in [-0.3, -0.25) is 4.90 Å².